The highest BCUT2D eigenvalue weighted by Crippen LogP contribution is 2.21. The molecule has 0 saturated carbocycles. The van der Waals surface area contributed by atoms with Crippen molar-refractivity contribution in [3.63, 3.8) is 0 Å². The van der Waals surface area contributed by atoms with Crippen LogP contribution in [-0.4, -0.2) is 34.1 Å². The summed E-state index contributed by atoms with van der Waals surface area (Å²) in [5.41, 5.74) is 1.45. The Bertz CT molecular complexity index is 619. The van der Waals surface area contributed by atoms with Gasteiger partial charge in [-0.1, -0.05) is 0 Å². The number of H-pyrrole nitrogens is 1. The number of nitrogens with one attached hydrogen (secondary N) is 2. The summed E-state index contributed by atoms with van der Waals surface area (Å²) in [6.07, 6.45) is 3.54. The monoisotopic (exact) mass is 276 g/mol. The number of hydrogen-bond donors (Lipinski definition) is 2. The lowest BCUT2D eigenvalue weighted by molar-refractivity contribution is -0.384. The van der Waals surface area contributed by atoms with Gasteiger partial charge in [0.25, 0.3) is 5.69 Å². The highest BCUT2D eigenvalue weighted by molar-refractivity contribution is 5.79. The SMILES string of the molecule is O=[N+]([O-])c1ccc2nc(NCCC3CCCO3)[nH]c2c1. The van der Waals surface area contributed by atoms with Gasteiger partial charge in [-0.3, -0.25) is 10.1 Å². The van der Waals surface area contributed by atoms with E-state index >= 15 is 0 Å². The Morgan fingerprint density at radius 2 is 2.45 bits per heavy atom. The third kappa shape index (κ3) is 2.72. The molecule has 1 saturated heterocycles. The minimum atomic E-state index is -0.412. The maximum Gasteiger partial charge on any atom is 0.271 e. The fourth-order valence-corrected chi connectivity index (χ4v) is 2.42. The molecule has 3 rings (SSSR count). The first-order chi connectivity index (χ1) is 9.72. The van der Waals surface area contributed by atoms with E-state index in [1.807, 2.05) is 0 Å². The number of hydrogen-bond acceptors (Lipinski definition) is 5. The maximum absolute atomic E-state index is 10.7. The van der Waals surface area contributed by atoms with Crippen LogP contribution in [0.5, 0.6) is 0 Å². The molecule has 1 aromatic heterocycles. The minimum absolute atomic E-state index is 0.0621. The summed E-state index contributed by atoms with van der Waals surface area (Å²) in [7, 11) is 0. The number of ether oxygens (including phenoxy) is 1. The second kappa shape index (κ2) is 5.46. The van der Waals surface area contributed by atoms with E-state index in [1.165, 1.54) is 12.1 Å². The summed E-state index contributed by atoms with van der Waals surface area (Å²) < 4.78 is 5.55. The molecule has 2 aromatic rings. The highest BCUT2D eigenvalue weighted by Gasteiger charge is 2.15. The molecule has 0 radical (unpaired) electrons. The number of fused-ring (bicyclic) bond motifs is 1. The Morgan fingerprint density at radius 1 is 1.55 bits per heavy atom. The second-order valence-electron chi connectivity index (χ2n) is 4.89. The lowest BCUT2D eigenvalue weighted by Gasteiger charge is -2.08. The van der Waals surface area contributed by atoms with Gasteiger partial charge in [-0.25, -0.2) is 4.98 Å². The van der Waals surface area contributed by atoms with E-state index in [2.05, 4.69) is 15.3 Å². The summed E-state index contributed by atoms with van der Waals surface area (Å²) in [6, 6.07) is 4.60. The van der Waals surface area contributed by atoms with Crippen molar-refractivity contribution in [3.05, 3.63) is 28.3 Å². The average molecular weight is 276 g/mol. The third-order valence-corrected chi connectivity index (χ3v) is 3.46. The van der Waals surface area contributed by atoms with Crippen LogP contribution >= 0.6 is 0 Å². The summed E-state index contributed by atoms with van der Waals surface area (Å²) in [4.78, 5) is 17.7. The van der Waals surface area contributed by atoms with Gasteiger partial charge < -0.3 is 15.0 Å². The largest absolute Gasteiger partial charge is 0.378 e. The summed E-state index contributed by atoms with van der Waals surface area (Å²) in [6.45, 7) is 1.63. The van der Waals surface area contributed by atoms with Crippen LogP contribution in [0, 0.1) is 10.1 Å². The Kier molecular flexibility index (Phi) is 3.51. The lowest BCUT2D eigenvalue weighted by atomic mass is 10.2. The first kappa shape index (κ1) is 12.9. The van der Waals surface area contributed by atoms with Gasteiger partial charge in [0.15, 0.2) is 0 Å². The van der Waals surface area contributed by atoms with Crippen molar-refractivity contribution >= 4 is 22.7 Å². The molecule has 1 aromatic carbocycles. The second-order valence-corrected chi connectivity index (χ2v) is 4.89. The molecular weight excluding hydrogens is 260 g/mol. The zero-order valence-electron chi connectivity index (χ0n) is 11.0. The third-order valence-electron chi connectivity index (χ3n) is 3.46. The van der Waals surface area contributed by atoms with E-state index in [0.29, 0.717) is 17.6 Å². The van der Waals surface area contributed by atoms with E-state index in [0.717, 1.165) is 37.9 Å². The normalized spacial score (nSPS) is 18.5. The zero-order chi connectivity index (χ0) is 13.9. The van der Waals surface area contributed by atoms with Gasteiger partial charge in [0.05, 0.1) is 22.1 Å². The summed E-state index contributed by atoms with van der Waals surface area (Å²) in [5, 5.41) is 13.9. The average Bonchev–Trinajstić information content (AvgIpc) is 3.06. The van der Waals surface area contributed by atoms with Crippen LogP contribution in [-0.2, 0) is 4.74 Å². The molecular formula is C13H16N4O3. The smallest absolute Gasteiger partial charge is 0.271 e. The molecule has 1 fully saturated rings. The fraction of sp³-hybridized carbons (Fsp3) is 0.462. The van der Waals surface area contributed by atoms with E-state index in [4.69, 9.17) is 4.74 Å². The van der Waals surface area contributed by atoms with Crippen LogP contribution in [0.4, 0.5) is 11.6 Å². The Hall–Kier alpha value is -2.15. The van der Waals surface area contributed by atoms with Crippen LogP contribution in [0.25, 0.3) is 11.0 Å². The van der Waals surface area contributed by atoms with Crippen molar-refractivity contribution in [3.8, 4) is 0 Å². The molecule has 1 unspecified atom stereocenters. The molecule has 0 amide bonds. The predicted octanol–water partition coefficient (Wildman–Crippen LogP) is 2.45. The van der Waals surface area contributed by atoms with Gasteiger partial charge in [0.2, 0.25) is 5.95 Å². The molecule has 7 nitrogen and oxygen atoms in total. The maximum atomic E-state index is 10.7. The molecule has 1 aliphatic rings. The van der Waals surface area contributed by atoms with E-state index in [-0.39, 0.29) is 5.69 Å². The number of nitrogens with zero attached hydrogens (tertiary/aromatic N) is 2. The number of aromatic nitrogens is 2. The molecule has 2 N–H and O–H groups in total. The summed E-state index contributed by atoms with van der Waals surface area (Å²) in [5.74, 6) is 0.637. The van der Waals surface area contributed by atoms with Crippen LogP contribution in [0.15, 0.2) is 18.2 Å². The number of non-ortho nitro benzene ring substituents is 1. The van der Waals surface area contributed by atoms with Crippen molar-refractivity contribution in [1.82, 2.24) is 9.97 Å². The molecule has 1 atom stereocenters. The van der Waals surface area contributed by atoms with Gasteiger partial charge in [-0.2, -0.15) is 0 Å². The van der Waals surface area contributed by atoms with Crippen molar-refractivity contribution in [2.45, 2.75) is 25.4 Å². The quantitative estimate of drug-likeness (QED) is 0.646. The Balaban J connectivity index is 1.64. The molecule has 0 bridgehead atoms. The zero-order valence-corrected chi connectivity index (χ0v) is 11.0. The van der Waals surface area contributed by atoms with Crippen molar-refractivity contribution in [2.75, 3.05) is 18.5 Å². The van der Waals surface area contributed by atoms with Gasteiger partial charge in [0, 0.05) is 25.3 Å². The number of nitro benzene ring substituents is 1. The molecule has 106 valence electrons. The number of benzene rings is 1. The molecule has 7 heteroatoms. The van der Waals surface area contributed by atoms with Crippen LogP contribution in [0.2, 0.25) is 0 Å². The molecule has 0 spiro atoms. The molecule has 2 heterocycles. The van der Waals surface area contributed by atoms with Crippen LogP contribution in [0.3, 0.4) is 0 Å². The summed E-state index contributed by atoms with van der Waals surface area (Å²) >= 11 is 0. The van der Waals surface area contributed by atoms with Gasteiger partial charge in [0.1, 0.15) is 0 Å². The van der Waals surface area contributed by atoms with Gasteiger partial charge in [-0.15, -0.1) is 0 Å². The van der Waals surface area contributed by atoms with Crippen molar-refractivity contribution < 1.29 is 9.66 Å². The lowest BCUT2D eigenvalue weighted by Crippen LogP contribution is -2.12. The molecule has 0 aliphatic carbocycles. The highest BCUT2D eigenvalue weighted by atomic mass is 16.6. The van der Waals surface area contributed by atoms with E-state index < -0.39 is 4.92 Å². The first-order valence-corrected chi connectivity index (χ1v) is 6.72. The van der Waals surface area contributed by atoms with Crippen molar-refractivity contribution in [1.29, 1.82) is 0 Å². The predicted molar refractivity (Wildman–Crippen MR) is 74.8 cm³/mol. The molecule has 20 heavy (non-hydrogen) atoms. The Morgan fingerprint density at radius 3 is 3.20 bits per heavy atom. The first-order valence-electron chi connectivity index (χ1n) is 6.72. The number of rotatable bonds is 5. The number of imidazole rings is 1. The topological polar surface area (TPSA) is 93.1 Å². The number of nitro groups is 1. The van der Waals surface area contributed by atoms with E-state index in [1.54, 1.807) is 6.07 Å². The number of aromatic amines is 1. The Labute approximate surface area is 115 Å². The minimum Gasteiger partial charge on any atom is -0.378 e. The van der Waals surface area contributed by atoms with Crippen molar-refractivity contribution in [2.24, 2.45) is 0 Å². The van der Waals surface area contributed by atoms with Crippen LogP contribution < -0.4 is 5.32 Å². The van der Waals surface area contributed by atoms with Crippen LogP contribution in [0.1, 0.15) is 19.3 Å². The molecule has 1 aliphatic heterocycles. The number of anilines is 1. The fourth-order valence-electron chi connectivity index (χ4n) is 2.42. The van der Waals surface area contributed by atoms with Gasteiger partial charge in [-0.05, 0) is 25.3 Å². The van der Waals surface area contributed by atoms with Gasteiger partial charge >= 0.3 is 0 Å². The standard InChI is InChI=1S/C13H16N4O3/c18-17(19)9-3-4-11-12(8-9)16-13(15-11)14-6-5-10-2-1-7-20-10/h3-4,8,10H,1-2,5-7H2,(H2,14,15,16). The van der Waals surface area contributed by atoms with E-state index in [9.17, 15) is 10.1 Å².